The first-order valence-corrected chi connectivity index (χ1v) is 8.58. The second-order valence-corrected chi connectivity index (χ2v) is 6.69. The summed E-state index contributed by atoms with van der Waals surface area (Å²) < 4.78 is 5.80. The molecule has 7 nitrogen and oxygen atoms in total. The monoisotopic (exact) mass is 342 g/mol. The van der Waals surface area contributed by atoms with E-state index in [1.807, 2.05) is 0 Å². The number of aromatic nitrogens is 3. The van der Waals surface area contributed by atoms with Gasteiger partial charge in [-0.15, -0.1) is 11.3 Å². The van der Waals surface area contributed by atoms with Gasteiger partial charge in [-0.3, -0.25) is 0 Å². The Labute approximate surface area is 141 Å². The smallest absolute Gasteiger partial charge is 0.406 e. The minimum Gasteiger partial charge on any atom is -0.429 e. The molecule has 0 unspecified atom stereocenters. The van der Waals surface area contributed by atoms with Crippen LogP contribution in [-0.2, 0) is 12.8 Å². The van der Waals surface area contributed by atoms with Gasteiger partial charge >= 0.3 is 5.82 Å². The summed E-state index contributed by atoms with van der Waals surface area (Å²) in [4.78, 5) is 25.2. The lowest BCUT2D eigenvalue weighted by atomic mass is 10.1. The quantitative estimate of drug-likeness (QED) is 0.405. The molecule has 0 N–H and O–H groups in total. The molecule has 0 atom stereocenters. The fraction of sp³-hybridized carbons (Fsp3) is 0.312. The molecule has 4 rings (SSSR count). The van der Waals surface area contributed by atoms with Gasteiger partial charge in [-0.05, 0) is 53.3 Å². The zero-order valence-corrected chi connectivity index (χ0v) is 13.6. The normalized spacial score (nSPS) is 14.2. The Balaban J connectivity index is 1.83. The van der Waals surface area contributed by atoms with Crippen LogP contribution in [0.5, 0.6) is 11.6 Å². The third-order valence-electron chi connectivity index (χ3n) is 4.10. The number of fused-ring (bicyclic) bond motifs is 3. The van der Waals surface area contributed by atoms with Gasteiger partial charge in [-0.2, -0.15) is 0 Å². The molecule has 0 saturated heterocycles. The SMILES string of the molecule is O=[N+]([O-])c1ncccc1Oc1ncnc2sc3c(c12)CCCCC3. The maximum Gasteiger partial charge on any atom is 0.406 e. The summed E-state index contributed by atoms with van der Waals surface area (Å²) in [5.41, 5.74) is 1.23. The molecular weight excluding hydrogens is 328 g/mol. The van der Waals surface area contributed by atoms with Crippen LogP contribution in [-0.4, -0.2) is 19.9 Å². The summed E-state index contributed by atoms with van der Waals surface area (Å²) in [5, 5.41) is 12.0. The van der Waals surface area contributed by atoms with E-state index in [9.17, 15) is 10.1 Å². The van der Waals surface area contributed by atoms with Crippen molar-refractivity contribution >= 4 is 27.4 Å². The lowest BCUT2D eigenvalue weighted by Crippen LogP contribution is -1.98. The van der Waals surface area contributed by atoms with E-state index >= 15 is 0 Å². The number of pyridine rings is 1. The minimum absolute atomic E-state index is 0.0936. The fourth-order valence-electron chi connectivity index (χ4n) is 3.02. The van der Waals surface area contributed by atoms with Gasteiger partial charge in [0.25, 0.3) is 0 Å². The predicted octanol–water partition coefficient (Wildman–Crippen LogP) is 4.06. The number of thiophene rings is 1. The summed E-state index contributed by atoms with van der Waals surface area (Å²) in [7, 11) is 0. The van der Waals surface area contributed by atoms with E-state index in [1.165, 1.54) is 41.9 Å². The molecule has 0 aliphatic heterocycles. The molecule has 0 saturated carbocycles. The number of ether oxygens (including phenoxy) is 1. The number of nitro groups is 1. The number of rotatable bonds is 3. The first-order chi connectivity index (χ1) is 11.7. The molecule has 0 fully saturated rings. The molecule has 1 aliphatic carbocycles. The van der Waals surface area contributed by atoms with Crippen molar-refractivity contribution in [2.24, 2.45) is 0 Å². The molecule has 3 aromatic rings. The van der Waals surface area contributed by atoms with Crippen molar-refractivity contribution in [1.82, 2.24) is 15.0 Å². The molecule has 3 heterocycles. The van der Waals surface area contributed by atoms with Crippen LogP contribution in [0.4, 0.5) is 5.82 Å². The lowest BCUT2D eigenvalue weighted by Gasteiger charge is -2.07. The summed E-state index contributed by atoms with van der Waals surface area (Å²) in [6.45, 7) is 0. The van der Waals surface area contributed by atoms with Gasteiger partial charge in [0.2, 0.25) is 11.6 Å². The zero-order valence-electron chi connectivity index (χ0n) is 12.8. The molecule has 0 bridgehead atoms. The highest BCUT2D eigenvalue weighted by Crippen LogP contribution is 2.40. The van der Waals surface area contributed by atoms with Crippen LogP contribution >= 0.6 is 11.3 Å². The molecule has 0 amide bonds. The number of hydrogen-bond acceptors (Lipinski definition) is 7. The Kier molecular flexibility index (Phi) is 3.81. The van der Waals surface area contributed by atoms with Crippen molar-refractivity contribution in [3.05, 3.63) is 45.2 Å². The lowest BCUT2D eigenvalue weighted by molar-refractivity contribution is -0.390. The van der Waals surface area contributed by atoms with Crippen molar-refractivity contribution < 1.29 is 9.66 Å². The highest BCUT2D eigenvalue weighted by atomic mass is 32.1. The Bertz CT molecular complexity index is 925. The summed E-state index contributed by atoms with van der Waals surface area (Å²) in [6.07, 6.45) is 8.34. The van der Waals surface area contributed by atoms with Crippen LogP contribution in [0.25, 0.3) is 10.2 Å². The molecule has 3 aromatic heterocycles. The highest BCUT2D eigenvalue weighted by Gasteiger charge is 2.22. The number of aryl methyl sites for hydroxylation is 2. The van der Waals surface area contributed by atoms with E-state index in [-0.39, 0.29) is 11.6 Å². The van der Waals surface area contributed by atoms with E-state index < -0.39 is 4.92 Å². The fourth-order valence-corrected chi connectivity index (χ4v) is 4.24. The topological polar surface area (TPSA) is 91.0 Å². The van der Waals surface area contributed by atoms with Gasteiger partial charge in [0, 0.05) is 4.88 Å². The average Bonchev–Trinajstić information content (AvgIpc) is 2.78. The van der Waals surface area contributed by atoms with Crippen molar-refractivity contribution in [1.29, 1.82) is 0 Å². The Morgan fingerprint density at radius 1 is 1.17 bits per heavy atom. The molecular formula is C16H14N4O3S. The van der Waals surface area contributed by atoms with E-state index in [1.54, 1.807) is 17.4 Å². The van der Waals surface area contributed by atoms with Crippen LogP contribution < -0.4 is 4.74 Å². The Morgan fingerprint density at radius 3 is 2.92 bits per heavy atom. The van der Waals surface area contributed by atoms with Gasteiger partial charge in [0.15, 0.2) is 0 Å². The van der Waals surface area contributed by atoms with Gasteiger partial charge in [-0.25, -0.2) is 9.97 Å². The van der Waals surface area contributed by atoms with Crippen LogP contribution in [0.2, 0.25) is 0 Å². The van der Waals surface area contributed by atoms with Crippen molar-refractivity contribution in [2.45, 2.75) is 32.1 Å². The van der Waals surface area contributed by atoms with Gasteiger partial charge < -0.3 is 14.9 Å². The van der Waals surface area contributed by atoms with Crippen LogP contribution in [0.3, 0.4) is 0 Å². The minimum atomic E-state index is -0.554. The van der Waals surface area contributed by atoms with Crippen molar-refractivity contribution in [3.8, 4) is 11.6 Å². The zero-order chi connectivity index (χ0) is 16.5. The van der Waals surface area contributed by atoms with Crippen LogP contribution in [0.15, 0.2) is 24.7 Å². The molecule has 8 heteroatoms. The van der Waals surface area contributed by atoms with Crippen molar-refractivity contribution in [3.63, 3.8) is 0 Å². The van der Waals surface area contributed by atoms with E-state index in [0.717, 1.165) is 29.5 Å². The Morgan fingerprint density at radius 2 is 2.04 bits per heavy atom. The molecule has 24 heavy (non-hydrogen) atoms. The predicted molar refractivity (Wildman–Crippen MR) is 89.6 cm³/mol. The van der Waals surface area contributed by atoms with E-state index in [0.29, 0.717) is 5.88 Å². The second kappa shape index (κ2) is 6.12. The van der Waals surface area contributed by atoms with Gasteiger partial charge in [-0.1, -0.05) is 6.42 Å². The van der Waals surface area contributed by atoms with E-state index in [4.69, 9.17) is 4.74 Å². The van der Waals surface area contributed by atoms with Gasteiger partial charge in [0.05, 0.1) is 5.39 Å². The van der Waals surface area contributed by atoms with Gasteiger partial charge in [0.1, 0.15) is 17.4 Å². The molecule has 0 spiro atoms. The first-order valence-electron chi connectivity index (χ1n) is 7.76. The average molecular weight is 342 g/mol. The highest BCUT2D eigenvalue weighted by molar-refractivity contribution is 7.18. The summed E-state index contributed by atoms with van der Waals surface area (Å²) in [6, 6.07) is 3.14. The molecule has 122 valence electrons. The largest absolute Gasteiger partial charge is 0.429 e. The number of hydrogen-bond donors (Lipinski definition) is 0. The van der Waals surface area contributed by atoms with Crippen LogP contribution in [0, 0.1) is 10.1 Å². The first kappa shape index (κ1) is 14.9. The van der Waals surface area contributed by atoms with E-state index in [2.05, 4.69) is 15.0 Å². The standard InChI is InChI=1S/C16H14N4O3S/c21-20(22)14-11(6-4-8-17-14)23-15-13-10-5-2-1-3-7-12(10)24-16(13)19-9-18-15/h4,6,8-9H,1-3,5,7H2. The third-order valence-corrected chi connectivity index (χ3v) is 5.30. The maximum atomic E-state index is 11.1. The molecule has 0 radical (unpaired) electrons. The third kappa shape index (κ3) is 2.58. The molecule has 1 aliphatic rings. The van der Waals surface area contributed by atoms with Crippen molar-refractivity contribution in [2.75, 3.05) is 0 Å². The maximum absolute atomic E-state index is 11.1. The summed E-state index contributed by atoms with van der Waals surface area (Å²) >= 11 is 1.67. The Hall–Kier alpha value is -2.61. The second-order valence-electron chi connectivity index (χ2n) is 5.61. The number of nitrogens with zero attached hydrogens (tertiary/aromatic N) is 4. The molecule has 0 aromatic carbocycles. The summed E-state index contributed by atoms with van der Waals surface area (Å²) in [5.74, 6) is 0.150. The van der Waals surface area contributed by atoms with Crippen LogP contribution in [0.1, 0.15) is 29.7 Å².